The molecule has 1 aromatic rings. The van der Waals surface area contributed by atoms with Crippen LogP contribution in [-0.4, -0.2) is 54.3 Å². The third-order valence-electron chi connectivity index (χ3n) is 5.67. The topological polar surface area (TPSA) is 49.8 Å². The first kappa shape index (κ1) is 23.6. The standard InChI is InChI=1S/C21H29F4NO3/c1-13-9-26(10-14(2)18(13)27)12-20(28,21(23,24)25)11-19(3,4)16-8-15(22)6-7-17(16)29-5/h6-8,13-14,28H,9-12H2,1-5H3. The smallest absolute Gasteiger partial charge is 0.418 e. The number of methoxy groups -OCH3 is 1. The van der Waals surface area contributed by atoms with Crippen molar-refractivity contribution >= 4 is 5.78 Å². The van der Waals surface area contributed by atoms with Crippen molar-refractivity contribution in [2.24, 2.45) is 11.8 Å². The quantitative estimate of drug-likeness (QED) is 0.710. The first-order chi connectivity index (χ1) is 13.2. The van der Waals surface area contributed by atoms with Crippen molar-refractivity contribution in [1.29, 1.82) is 0 Å². The summed E-state index contributed by atoms with van der Waals surface area (Å²) >= 11 is 0. The van der Waals surface area contributed by atoms with Gasteiger partial charge < -0.3 is 9.84 Å². The lowest BCUT2D eigenvalue weighted by atomic mass is 9.74. The van der Waals surface area contributed by atoms with Gasteiger partial charge in [-0.2, -0.15) is 13.2 Å². The van der Waals surface area contributed by atoms with Crippen molar-refractivity contribution in [3.05, 3.63) is 29.6 Å². The molecule has 1 fully saturated rings. The minimum absolute atomic E-state index is 0.0154. The van der Waals surface area contributed by atoms with E-state index < -0.39 is 47.8 Å². The minimum Gasteiger partial charge on any atom is -0.496 e. The summed E-state index contributed by atoms with van der Waals surface area (Å²) < 4.78 is 61.0. The molecule has 1 aromatic carbocycles. The molecule has 1 saturated heterocycles. The highest BCUT2D eigenvalue weighted by Crippen LogP contribution is 2.44. The second kappa shape index (κ2) is 8.22. The Balaban J connectivity index is 2.35. The van der Waals surface area contributed by atoms with Gasteiger partial charge in [-0.3, -0.25) is 9.69 Å². The van der Waals surface area contributed by atoms with E-state index >= 15 is 0 Å². The maximum Gasteiger partial charge on any atom is 0.418 e. The summed E-state index contributed by atoms with van der Waals surface area (Å²) in [5.74, 6) is -1.12. The number of Topliss-reactive ketones (excluding diaryl/α,β-unsaturated/α-hetero) is 1. The monoisotopic (exact) mass is 419 g/mol. The van der Waals surface area contributed by atoms with Crippen molar-refractivity contribution in [3.63, 3.8) is 0 Å². The highest BCUT2D eigenvalue weighted by Gasteiger charge is 2.57. The van der Waals surface area contributed by atoms with Gasteiger partial charge in [-0.1, -0.05) is 27.7 Å². The number of aliphatic hydroxyl groups is 1. The summed E-state index contributed by atoms with van der Waals surface area (Å²) in [7, 11) is 1.36. The van der Waals surface area contributed by atoms with E-state index in [4.69, 9.17) is 4.74 Å². The van der Waals surface area contributed by atoms with Gasteiger partial charge in [0, 0.05) is 37.0 Å². The molecule has 0 radical (unpaired) electrons. The number of carbonyl (C=O) groups excluding carboxylic acids is 1. The van der Waals surface area contributed by atoms with Gasteiger partial charge in [0.1, 0.15) is 17.3 Å². The van der Waals surface area contributed by atoms with E-state index in [1.54, 1.807) is 13.8 Å². The zero-order chi connectivity index (χ0) is 22.2. The van der Waals surface area contributed by atoms with Gasteiger partial charge >= 0.3 is 6.18 Å². The van der Waals surface area contributed by atoms with E-state index in [2.05, 4.69) is 0 Å². The number of alkyl halides is 3. The fraction of sp³-hybridized carbons (Fsp3) is 0.667. The molecule has 0 bridgehead atoms. The number of hydrogen-bond acceptors (Lipinski definition) is 4. The first-order valence-corrected chi connectivity index (χ1v) is 9.59. The van der Waals surface area contributed by atoms with Crippen molar-refractivity contribution in [1.82, 2.24) is 4.90 Å². The Morgan fingerprint density at radius 1 is 1.17 bits per heavy atom. The van der Waals surface area contributed by atoms with Crippen molar-refractivity contribution < 1.29 is 32.2 Å². The molecule has 4 nitrogen and oxygen atoms in total. The van der Waals surface area contributed by atoms with Crippen LogP contribution >= 0.6 is 0 Å². The Morgan fingerprint density at radius 2 is 1.72 bits per heavy atom. The van der Waals surface area contributed by atoms with Gasteiger partial charge in [0.25, 0.3) is 0 Å². The fourth-order valence-electron chi connectivity index (χ4n) is 4.29. The molecule has 1 aliphatic heterocycles. The number of β-amino-alcohol motifs (C(OH)–C–C–N with tert-alkyl or cyclic N) is 1. The Bertz CT molecular complexity index is 736. The average Bonchev–Trinajstić information content (AvgIpc) is 2.58. The van der Waals surface area contributed by atoms with Gasteiger partial charge in [-0.15, -0.1) is 0 Å². The lowest BCUT2D eigenvalue weighted by molar-refractivity contribution is -0.272. The SMILES string of the molecule is COc1ccc(F)cc1C(C)(C)CC(O)(CN1CC(C)C(=O)C(C)C1)C(F)(F)F. The van der Waals surface area contributed by atoms with Crippen LogP contribution in [0.5, 0.6) is 5.75 Å². The molecule has 2 rings (SSSR count). The zero-order valence-corrected chi connectivity index (χ0v) is 17.4. The molecule has 0 saturated carbocycles. The predicted octanol–water partition coefficient (Wildman–Crippen LogP) is 3.95. The lowest BCUT2D eigenvalue weighted by Gasteiger charge is -2.43. The summed E-state index contributed by atoms with van der Waals surface area (Å²) in [6.45, 7) is 6.06. The van der Waals surface area contributed by atoms with Gasteiger partial charge in [0.05, 0.1) is 7.11 Å². The molecule has 1 N–H and O–H groups in total. The highest BCUT2D eigenvalue weighted by molar-refractivity contribution is 5.83. The molecule has 164 valence electrons. The summed E-state index contributed by atoms with van der Waals surface area (Å²) in [6, 6.07) is 3.67. The molecular weight excluding hydrogens is 390 g/mol. The second-order valence-electron chi connectivity index (χ2n) is 8.83. The molecule has 3 atom stereocenters. The van der Waals surface area contributed by atoms with E-state index in [0.717, 1.165) is 6.07 Å². The number of piperidine rings is 1. The van der Waals surface area contributed by atoms with E-state index in [-0.39, 0.29) is 30.2 Å². The van der Waals surface area contributed by atoms with Gasteiger partial charge in [-0.25, -0.2) is 4.39 Å². The number of benzene rings is 1. The molecule has 0 amide bonds. The molecule has 0 aliphatic carbocycles. The summed E-state index contributed by atoms with van der Waals surface area (Å²) in [5, 5.41) is 10.8. The van der Waals surface area contributed by atoms with Crippen LogP contribution in [0.1, 0.15) is 39.7 Å². The van der Waals surface area contributed by atoms with Crippen molar-refractivity contribution in [2.45, 2.75) is 51.3 Å². The van der Waals surface area contributed by atoms with Crippen LogP contribution in [0.3, 0.4) is 0 Å². The lowest BCUT2D eigenvalue weighted by Crippen LogP contribution is -2.59. The minimum atomic E-state index is -4.90. The van der Waals surface area contributed by atoms with Crippen LogP contribution in [0.2, 0.25) is 0 Å². The van der Waals surface area contributed by atoms with Crippen LogP contribution in [0.15, 0.2) is 18.2 Å². The zero-order valence-electron chi connectivity index (χ0n) is 17.4. The van der Waals surface area contributed by atoms with Crippen molar-refractivity contribution in [3.8, 4) is 5.75 Å². The molecule has 1 aliphatic rings. The molecule has 0 spiro atoms. The number of ketones is 1. The number of halogens is 4. The number of ether oxygens (including phenoxy) is 1. The number of nitrogens with zero attached hydrogens (tertiary/aromatic N) is 1. The van der Waals surface area contributed by atoms with Crippen LogP contribution < -0.4 is 4.74 Å². The Hall–Kier alpha value is -1.67. The van der Waals surface area contributed by atoms with E-state index in [1.165, 1.54) is 38.0 Å². The summed E-state index contributed by atoms with van der Waals surface area (Å²) in [4.78, 5) is 13.5. The maximum atomic E-state index is 14.0. The van der Waals surface area contributed by atoms with Gasteiger partial charge in [0.2, 0.25) is 0 Å². The maximum absolute atomic E-state index is 14.0. The average molecular weight is 419 g/mol. The predicted molar refractivity (Wildman–Crippen MR) is 101 cm³/mol. The van der Waals surface area contributed by atoms with Crippen LogP contribution in [0, 0.1) is 17.7 Å². The third-order valence-corrected chi connectivity index (χ3v) is 5.67. The Kier molecular flexibility index (Phi) is 6.69. The molecule has 1 heterocycles. The Morgan fingerprint density at radius 3 is 2.21 bits per heavy atom. The highest BCUT2D eigenvalue weighted by atomic mass is 19.4. The second-order valence-corrected chi connectivity index (χ2v) is 8.83. The van der Waals surface area contributed by atoms with E-state index in [1.807, 2.05) is 0 Å². The van der Waals surface area contributed by atoms with Crippen LogP contribution in [-0.2, 0) is 10.2 Å². The van der Waals surface area contributed by atoms with Crippen LogP contribution in [0.4, 0.5) is 17.6 Å². The summed E-state index contributed by atoms with van der Waals surface area (Å²) in [6.07, 6.45) is -5.59. The number of hydrogen-bond donors (Lipinski definition) is 1. The number of carbonyl (C=O) groups is 1. The number of rotatable bonds is 6. The van der Waals surface area contributed by atoms with E-state index in [9.17, 15) is 27.5 Å². The van der Waals surface area contributed by atoms with Gasteiger partial charge in [0.15, 0.2) is 5.60 Å². The van der Waals surface area contributed by atoms with Gasteiger partial charge in [-0.05, 0) is 30.0 Å². The molecule has 0 aromatic heterocycles. The third kappa shape index (κ3) is 5.09. The van der Waals surface area contributed by atoms with Crippen molar-refractivity contribution in [2.75, 3.05) is 26.7 Å². The first-order valence-electron chi connectivity index (χ1n) is 9.59. The number of likely N-dealkylation sites (tertiary alicyclic amines) is 1. The fourth-order valence-corrected chi connectivity index (χ4v) is 4.29. The molecule has 3 unspecified atom stereocenters. The molecular formula is C21H29F4NO3. The Labute approximate surface area is 168 Å². The van der Waals surface area contributed by atoms with Crippen LogP contribution in [0.25, 0.3) is 0 Å². The summed E-state index contributed by atoms with van der Waals surface area (Å²) in [5.41, 5.74) is -4.02. The largest absolute Gasteiger partial charge is 0.496 e. The van der Waals surface area contributed by atoms with E-state index in [0.29, 0.717) is 0 Å². The molecule has 8 heteroatoms. The normalized spacial score (nSPS) is 23.7. The molecule has 29 heavy (non-hydrogen) atoms.